The van der Waals surface area contributed by atoms with Gasteiger partial charge in [0.25, 0.3) is 5.69 Å². The van der Waals surface area contributed by atoms with E-state index in [2.05, 4.69) is 0 Å². The maximum atomic E-state index is 11.6. The summed E-state index contributed by atoms with van der Waals surface area (Å²) in [4.78, 5) is 22.5. The molecule has 0 unspecified atom stereocenters. The lowest BCUT2D eigenvalue weighted by Gasteiger charge is -2.02. The topological polar surface area (TPSA) is 69.4 Å². The molecular weight excluding hydrogens is 314 g/mol. The fraction of sp³-hybridized carbons (Fsp3) is 0.118. The van der Waals surface area contributed by atoms with Crippen LogP contribution < -0.4 is 0 Å². The van der Waals surface area contributed by atoms with Crippen LogP contribution in [0.3, 0.4) is 0 Å². The third-order valence-electron chi connectivity index (χ3n) is 2.85. The summed E-state index contributed by atoms with van der Waals surface area (Å²) < 4.78 is 5.09. The van der Waals surface area contributed by atoms with Gasteiger partial charge < -0.3 is 4.74 Å². The van der Waals surface area contributed by atoms with Crippen molar-refractivity contribution in [3.8, 4) is 0 Å². The second-order valence-corrected chi connectivity index (χ2v) is 5.58. The minimum atomic E-state index is -0.457. The van der Waals surface area contributed by atoms with Gasteiger partial charge in [-0.2, -0.15) is 0 Å². The first-order valence-electron chi connectivity index (χ1n) is 6.89. The molecule has 0 saturated heterocycles. The van der Waals surface area contributed by atoms with Gasteiger partial charge in [-0.3, -0.25) is 14.9 Å². The Kier molecular flexibility index (Phi) is 6.38. The fourth-order valence-electron chi connectivity index (χ4n) is 1.74. The molecule has 0 spiro atoms. The van der Waals surface area contributed by atoms with Gasteiger partial charge in [-0.25, -0.2) is 0 Å². The Bertz CT molecular complexity index is 683. The van der Waals surface area contributed by atoms with Crippen molar-refractivity contribution >= 4 is 29.5 Å². The summed E-state index contributed by atoms with van der Waals surface area (Å²) >= 11 is 1.28. The highest BCUT2D eigenvalue weighted by molar-refractivity contribution is 8.00. The summed E-state index contributed by atoms with van der Waals surface area (Å²) in [6.45, 7) is 0.217. The molecule has 2 aromatic carbocycles. The maximum absolute atomic E-state index is 11.6. The number of ether oxygens (including phenoxy) is 1. The third kappa shape index (κ3) is 5.96. The first-order chi connectivity index (χ1) is 11.1. The van der Waals surface area contributed by atoms with Crippen LogP contribution in [0.2, 0.25) is 0 Å². The van der Waals surface area contributed by atoms with E-state index >= 15 is 0 Å². The van der Waals surface area contributed by atoms with Gasteiger partial charge in [0.2, 0.25) is 0 Å². The van der Waals surface area contributed by atoms with Crippen LogP contribution in [-0.4, -0.2) is 23.3 Å². The van der Waals surface area contributed by atoms with Gasteiger partial charge in [-0.1, -0.05) is 36.4 Å². The summed E-state index contributed by atoms with van der Waals surface area (Å²) in [5, 5.41) is 10.5. The molecule has 0 aliphatic rings. The van der Waals surface area contributed by atoms with Crippen molar-refractivity contribution in [2.45, 2.75) is 4.90 Å². The number of nitro groups is 1. The SMILES string of the molecule is O=C(CSc1ccc([N+](=O)[O-])cc1)OC/C=C/c1ccccc1. The number of thioether (sulfide) groups is 1. The Labute approximate surface area is 138 Å². The minimum absolute atomic E-state index is 0.0305. The smallest absolute Gasteiger partial charge is 0.316 e. The zero-order valence-corrected chi connectivity index (χ0v) is 13.1. The van der Waals surface area contributed by atoms with Crippen molar-refractivity contribution in [3.63, 3.8) is 0 Å². The number of non-ortho nitro benzene ring substituents is 1. The number of nitro benzene ring substituents is 1. The Balaban J connectivity index is 1.70. The summed E-state index contributed by atoms with van der Waals surface area (Å²) in [7, 11) is 0. The fourth-order valence-corrected chi connectivity index (χ4v) is 2.43. The highest BCUT2D eigenvalue weighted by Gasteiger charge is 2.06. The molecule has 0 N–H and O–H groups in total. The van der Waals surface area contributed by atoms with Crippen LogP contribution in [0.5, 0.6) is 0 Å². The van der Waals surface area contributed by atoms with E-state index in [1.165, 1.54) is 23.9 Å². The zero-order chi connectivity index (χ0) is 16.5. The summed E-state index contributed by atoms with van der Waals surface area (Å²) in [5.74, 6) is -0.164. The van der Waals surface area contributed by atoms with Crippen LogP contribution in [0.4, 0.5) is 5.69 Å². The first kappa shape index (κ1) is 16.8. The molecule has 0 aliphatic heterocycles. The molecule has 0 radical (unpaired) electrons. The average molecular weight is 329 g/mol. The first-order valence-corrected chi connectivity index (χ1v) is 7.88. The van der Waals surface area contributed by atoms with E-state index in [4.69, 9.17) is 4.74 Å². The van der Waals surface area contributed by atoms with Crippen LogP contribution in [0.1, 0.15) is 5.56 Å². The van der Waals surface area contributed by atoms with E-state index in [0.29, 0.717) is 0 Å². The van der Waals surface area contributed by atoms with Crippen molar-refractivity contribution in [1.82, 2.24) is 0 Å². The average Bonchev–Trinajstić information content (AvgIpc) is 2.58. The number of rotatable bonds is 7. The van der Waals surface area contributed by atoms with E-state index in [-0.39, 0.29) is 24.0 Å². The molecule has 0 atom stereocenters. The Hall–Kier alpha value is -2.60. The second-order valence-electron chi connectivity index (χ2n) is 4.54. The van der Waals surface area contributed by atoms with Crippen molar-refractivity contribution in [3.05, 3.63) is 76.4 Å². The molecule has 118 valence electrons. The Morgan fingerprint density at radius 2 is 1.83 bits per heavy atom. The molecule has 0 saturated carbocycles. The second kappa shape index (κ2) is 8.75. The standard InChI is InChI=1S/C17H15NO4S/c19-17(22-12-4-7-14-5-2-1-3-6-14)13-23-16-10-8-15(9-11-16)18(20)21/h1-11H,12-13H2/b7-4+. The third-order valence-corrected chi connectivity index (χ3v) is 3.84. The van der Waals surface area contributed by atoms with Gasteiger partial charge in [0.15, 0.2) is 0 Å². The van der Waals surface area contributed by atoms with E-state index in [1.807, 2.05) is 36.4 Å². The van der Waals surface area contributed by atoms with Crippen molar-refractivity contribution in [2.24, 2.45) is 0 Å². The lowest BCUT2D eigenvalue weighted by Crippen LogP contribution is -2.07. The predicted octanol–water partition coefficient (Wildman–Crippen LogP) is 3.94. The molecule has 0 amide bonds. The van der Waals surface area contributed by atoms with Crippen LogP contribution in [0, 0.1) is 10.1 Å². The maximum Gasteiger partial charge on any atom is 0.316 e. The molecule has 6 heteroatoms. The van der Waals surface area contributed by atoms with E-state index < -0.39 is 4.92 Å². The largest absolute Gasteiger partial charge is 0.461 e. The quantitative estimate of drug-likeness (QED) is 0.333. The molecular formula is C17H15NO4S. The van der Waals surface area contributed by atoms with Crippen LogP contribution in [0.15, 0.2) is 65.6 Å². The van der Waals surface area contributed by atoms with Crippen molar-refractivity contribution < 1.29 is 14.5 Å². The molecule has 0 heterocycles. The highest BCUT2D eigenvalue weighted by Crippen LogP contribution is 2.21. The number of hydrogen-bond donors (Lipinski definition) is 0. The number of carbonyl (C=O) groups excluding carboxylic acids is 1. The molecule has 2 rings (SSSR count). The predicted molar refractivity (Wildman–Crippen MR) is 90.3 cm³/mol. The van der Waals surface area contributed by atoms with Crippen molar-refractivity contribution in [1.29, 1.82) is 0 Å². The lowest BCUT2D eigenvalue weighted by molar-refractivity contribution is -0.384. The van der Waals surface area contributed by atoms with E-state index in [0.717, 1.165) is 10.5 Å². The molecule has 0 aromatic heterocycles. The normalized spacial score (nSPS) is 10.6. The Morgan fingerprint density at radius 1 is 1.13 bits per heavy atom. The summed E-state index contributed by atoms with van der Waals surface area (Å²) in [6.07, 6.45) is 3.67. The van der Waals surface area contributed by atoms with Gasteiger partial charge in [0.1, 0.15) is 6.61 Å². The zero-order valence-electron chi connectivity index (χ0n) is 12.3. The molecule has 5 nitrogen and oxygen atoms in total. The van der Waals surface area contributed by atoms with Crippen molar-refractivity contribution in [2.75, 3.05) is 12.4 Å². The van der Waals surface area contributed by atoms with Crippen LogP contribution >= 0.6 is 11.8 Å². The van der Waals surface area contributed by atoms with Crippen LogP contribution in [-0.2, 0) is 9.53 Å². The van der Waals surface area contributed by atoms with Gasteiger partial charge in [0.05, 0.1) is 10.7 Å². The molecule has 23 heavy (non-hydrogen) atoms. The van der Waals surface area contributed by atoms with E-state index in [9.17, 15) is 14.9 Å². The lowest BCUT2D eigenvalue weighted by atomic mass is 10.2. The highest BCUT2D eigenvalue weighted by atomic mass is 32.2. The summed E-state index contributed by atoms with van der Waals surface area (Å²) in [5.41, 5.74) is 1.08. The molecule has 0 fully saturated rings. The van der Waals surface area contributed by atoms with Gasteiger partial charge in [-0.15, -0.1) is 11.8 Å². The molecule has 0 aliphatic carbocycles. The van der Waals surface area contributed by atoms with E-state index in [1.54, 1.807) is 18.2 Å². The number of benzene rings is 2. The molecule has 2 aromatic rings. The number of hydrogen-bond acceptors (Lipinski definition) is 5. The summed E-state index contributed by atoms with van der Waals surface area (Å²) in [6, 6.07) is 15.8. The van der Waals surface area contributed by atoms with Gasteiger partial charge in [-0.05, 0) is 23.8 Å². The number of esters is 1. The number of carbonyl (C=O) groups is 1. The monoisotopic (exact) mass is 329 g/mol. The Morgan fingerprint density at radius 3 is 2.48 bits per heavy atom. The molecule has 0 bridgehead atoms. The van der Waals surface area contributed by atoms with Gasteiger partial charge in [0, 0.05) is 17.0 Å². The van der Waals surface area contributed by atoms with Gasteiger partial charge >= 0.3 is 5.97 Å². The minimum Gasteiger partial charge on any atom is -0.461 e. The van der Waals surface area contributed by atoms with Crippen LogP contribution in [0.25, 0.3) is 6.08 Å². The number of nitrogens with zero attached hydrogens (tertiary/aromatic N) is 1.